The Hall–Kier alpha value is -2.53. The van der Waals surface area contributed by atoms with Gasteiger partial charge in [0.1, 0.15) is 18.1 Å². The second-order valence-electron chi connectivity index (χ2n) is 6.96. The van der Waals surface area contributed by atoms with Crippen molar-refractivity contribution in [1.29, 1.82) is 0 Å². The zero-order valence-corrected chi connectivity index (χ0v) is 16.4. The lowest BCUT2D eigenvalue weighted by Gasteiger charge is -2.34. The van der Waals surface area contributed by atoms with E-state index in [1.165, 1.54) is 5.56 Å². The van der Waals surface area contributed by atoms with Gasteiger partial charge in [0.2, 0.25) is 0 Å². The van der Waals surface area contributed by atoms with Crippen molar-refractivity contribution in [3.8, 4) is 11.5 Å². The minimum Gasteiger partial charge on any atom is -0.497 e. The van der Waals surface area contributed by atoms with Crippen LogP contribution in [0.15, 0.2) is 42.5 Å². The molecule has 0 aromatic heterocycles. The molecule has 1 fully saturated rings. The van der Waals surface area contributed by atoms with Crippen LogP contribution in [0.2, 0.25) is 0 Å². The van der Waals surface area contributed by atoms with E-state index in [0.29, 0.717) is 6.61 Å². The van der Waals surface area contributed by atoms with Gasteiger partial charge in [-0.3, -0.25) is 9.69 Å². The van der Waals surface area contributed by atoms with Crippen molar-refractivity contribution in [1.82, 2.24) is 9.80 Å². The molecule has 27 heavy (non-hydrogen) atoms. The summed E-state index contributed by atoms with van der Waals surface area (Å²) in [6.45, 7) is 8.88. The van der Waals surface area contributed by atoms with Crippen LogP contribution in [0, 0.1) is 13.8 Å². The molecule has 0 unspecified atom stereocenters. The predicted molar refractivity (Wildman–Crippen MR) is 107 cm³/mol. The van der Waals surface area contributed by atoms with Gasteiger partial charge in [0.05, 0.1) is 7.11 Å². The summed E-state index contributed by atoms with van der Waals surface area (Å²) >= 11 is 0. The highest BCUT2D eigenvalue weighted by Crippen LogP contribution is 2.17. The van der Waals surface area contributed by atoms with Gasteiger partial charge in [0.25, 0.3) is 5.91 Å². The number of piperazine rings is 1. The van der Waals surface area contributed by atoms with Gasteiger partial charge >= 0.3 is 0 Å². The summed E-state index contributed by atoms with van der Waals surface area (Å²) in [4.78, 5) is 17.0. The highest BCUT2D eigenvalue weighted by Gasteiger charge is 2.22. The topological polar surface area (TPSA) is 42.0 Å². The fraction of sp³-hybridized carbons (Fsp3) is 0.409. The van der Waals surface area contributed by atoms with Gasteiger partial charge in [-0.25, -0.2) is 0 Å². The predicted octanol–water partition coefficient (Wildman–Crippen LogP) is 3.15. The van der Waals surface area contributed by atoms with Gasteiger partial charge in [0, 0.05) is 38.3 Å². The number of hydrogen-bond donors (Lipinski definition) is 0. The van der Waals surface area contributed by atoms with Crippen LogP contribution >= 0.6 is 0 Å². The van der Waals surface area contributed by atoms with E-state index in [1.54, 1.807) is 7.11 Å². The average molecular weight is 368 g/mol. The summed E-state index contributed by atoms with van der Waals surface area (Å²) in [6.07, 6.45) is 0. The van der Waals surface area contributed by atoms with Gasteiger partial charge in [-0.2, -0.15) is 0 Å². The maximum atomic E-state index is 12.7. The third-order valence-electron chi connectivity index (χ3n) is 5.15. The minimum absolute atomic E-state index is 0.132. The van der Waals surface area contributed by atoms with Crippen molar-refractivity contribution >= 4 is 5.91 Å². The van der Waals surface area contributed by atoms with E-state index in [-0.39, 0.29) is 5.91 Å². The number of nitrogens with zero attached hydrogens (tertiary/aromatic N) is 2. The highest BCUT2D eigenvalue weighted by atomic mass is 16.5. The summed E-state index contributed by atoms with van der Waals surface area (Å²) in [7, 11) is 1.65. The summed E-state index contributed by atoms with van der Waals surface area (Å²) < 4.78 is 10.9. The number of carbonyl (C=O) groups excluding carboxylic acids is 1. The second-order valence-corrected chi connectivity index (χ2v) is 6.96. The SMILES string of the molecule is COc1ccc(OCCN2CCN(C(=O)c3ccc(C)c(C)c3)CC2)cc1. The molecule has 0 bridgehead atoms. The lowest BCUT2D eigenvalue weighted by molar-refractivity contribution is 0.0620. The van der Waals surface area contributed by atoms with Gasteiger partial charge in [-0.05, 0) is 61.4 Å². The van der Waals surface area contributed by atoms with Crippen LogP contribution in [0.3, 0.4) is 0 Å². The maximum absolute atomic E-state index is 12.7. The number of benzene rings is 2. The molecule has 0 spiro atoms. The molecule has 1 saturated heterocycles. The van der Waals surface area contributed by atoms with Gasteiger partial charge in [-0.1, -0.05) is 6.07 Å². The van der Waals surface area contributed by atoms with Crippen LogP contribution < -0.4 is 9.47 Å². The van der Waals surface area contributed by atoms with Crippen LogP contribution in [-0.2, 0) is 0 Å². The van der Waals surface area contributed by atoms with E-state index < -0.39 is 0 Å². The fourth-order valence-corrected chi connectivity index (χ4v) is 3.20. The molecule has 0 saturated carbocycles. The molecule has 1 aliphatic heterocycles. The first-order valence-electron chi connectivity index (χ1n) is 9.42. The molecule has 5 nitrogen and oxygen atoms in total. The van der Waals surface area contributed by atoms with E-state index >= 15 is 0 Å². The van der Waals surface area contributed by atoms with Crippen molar-refractivity contribution < 1.29 is 14.3 Å². The van der Waals surface area contributed by atoms with Crippen LogP contribution in [-0.4, -0.2) is 62.1 Å². The second kappa shape index (κ2) is 8.91. The summed E-state index contributed by atoms with van der Waals surface area (Å²) in [5.41, 5.74) is 3.16. The number of carbonyl (C=O) groups is 1. The Labute approximate surface area is 161 Å². The molecule has 0 aliphatic carbocycles. The third kappa shape index (κ3) is 5.01. The Balaban J connectivity index is 1.43. The molecular formula is C22H28N2O3. The van der Waals surface area contributed by atoms with E-state index in [1.807, 2.05) is 54.3 Å². The molecule has 0 atom stereocenters. The number of rotatable bonds is 6. The smallest absolute Gasteiger partial charge is 0.253 e. The van der Waals surface area contributed by atoms with E-state index in [9.17, 15) is 4.79 Å². The van der Waals surface area contributed by atoms with Gasteiger partial charge in [-0.15, -0.1) is 0 Å². The van der Waals surface area contributed by atoms with E-state index in [4.69, 9.17) is 9.47 Å². The van der Waals surface area contributed by atoms with Crippen LogP contribution in [0.1, 0.15) is 21.5 Å². The van der Waals surface area contributed by atoms with Crippen molar-refractivity contribution in [2.45, 2.75) is 13.8 Å². The Morgan fingerprint density at radius 1 is 0.926 bits per heavy atom. The summed E-state index contributed by atoms with van der Waals surface area (Å²) in [5, 5.41) is 0. The number of ether oxygens (including phenoxy) is 2. The first-order chi connectivity index (χ1) is 13.1. The van der Waals surface area contributed by atoms with Gasteiger partial charge in [0.15, 0.2) is 0 Å². The Morgan fingerprint density at radius 3 is 2.22 bits per heavy atom. The maximum Gasteiger partial charge on any atom is 0.253 e. The molecule has 144 valence electrons. The number of methoxy groups -OCH3 is 1. The summed E-state index contributed by atoms with van der Waals surface area (Å²) in [6, 6.07) is 13.6. The number of amides is 1. The lowest BCUT2D eigenvalue weighted by atomic mass is 10.1. The van der Waals surface area contributed by atoms with Gasteiger partial charge < -0.3 is 14.4 Å². The zero-order chi connectivity index (χ0) is 19.2. The normalized spacial score (nSPS) is 14.9. The largest absolute Gasteiger partial charge is 0.497 e. The molecule has 2 aromatic carbocycles. The van der Waals surface area contributed by atoms with E-state index in [2.05, 4.69) is 11.8 Å². The third-order valence-corrected chi connectivity index (χ3v) is 5.15. The quantitative estimate of drug-likeness (QED) is 0.786. The fourth-order valence-electron chi connectivity index (χ4n) is 3.20. The van der Waals surface area contributed by atoms with Crippen molar-refractivity contribution in [3.63, 3.8) is 0 Å². The molecule has 0 radical (unpaired) electrons. The van der Waals surface area contributed by atoms with Crippen molar-refractivity contribution in [2.24, 2.45) is 0 Å². The molecular weight excluding hydrogens is 340 g/mol. The zero-order valence-electron chi connectivity index (χ0n) is 16.4. The first kappa shape index (κ1) is 19.2. The molecule has 1 heterocycles. The summed E-state index contributed by atoms with van der Waals surface area (Å²) in [5.74, 6) is 1.80. The lowest BCUT2D eigenvalue weighted by Crippen LogP contribution is -2.49. The first-order valence-corrected chi connectivity index (χ1v) is 9.42. The minimum atomic E-state index is 0.132. The molecule has 0 N–H and O–H groups in total. The van der Waals surface area contributed by atoms with Crippen LogP contribution in [0.4, 0.5) is 0 Å². The van der Waals surface area contributed by atoms with E-state index in [0.717, 1.165) is 55.3 Å². The van der Waals surface area contributed by atoms with Crippen molar-refractivity contribution in [3.05, 3.63) is 59.2 Å². The molecule has 2 aromatic rings. The number of aryl methyl sites for hydroxylation is 2. The average Bonchev–Trinajstić information content (AvgIpc) is 2.70. The monoisotopic (exact) mass is 368 g/mol. The van der Waals surface area contributed by atoms with Crippen molar-refractivity contribution in [2.75, 3.05) is 46.4 Å². The molecule has 5 heteroatoms. The van der Waals surface area contributed by atoms with Crippen LogP contribution in [0.5, 0.6) is 11.5 Å². The standard InChI is InChI=1S/C22H28N2O3/c1-17-4-5-19(16-18(17)2)22(25)24-12-10-23(11-13-24)14-15-27-21-8-6-20(26-3)7-9-21/h4-9,16H,10-15H2,1-3H3. The van der Waals surface area contributed by atoms with Crippen LogP contribution in [0.25, 0.3) is 0 Å². The highest BCUT2D eigenvalue weighted by molar-refractivity contribution is 5.94. The molecule has 3 rings (SSSR count). The Bertz CT molecular complexity index is 766. The number of hydrogen-bond acceptors (Lipinski definition) is 4. The molecule has 1 aliphatic rings. The Morgan fingerprint density at radius 2 is 1.59 bits per heavy atom. The molecule has 1 amide bonds. The Kier molecular flexibility index (Phi) is 6.35.